The van der Waals surface area contributed by atoms with E-state index in [4.69, 9.17) is 10.5 Å². The molecule has 15 heavy (non-hydrogen) atoms. The minimum Gasteiger partial charge on any atom is -0.393 e. The van der Waals surface area contributed by atoms with Crippen molar-refractivity contribution in [2.45, 2.75) is 72.3 Å². The average molecular weight is 217 g/mol. The first kappa shape index (κ1) is 14.9. The Morgan fingerprint density at radius 3 is 1.93 bits per heavy atom. The average Bonchev–Trinajstić information content (AvgIpc) is 1.73. The van der Waals surface area contributed by atoms with Crippen molar-refractivity contribution in [3.63, 3.8) is 0 Å². The third kappa shape index (κ3) is 8.85. The maximum absolute atomic E-state index is 9.27. The van der Waals surface area contributed by atoms with Crippen molar-refractivity contribution in [2.75, 3.05) is 0 Å². The second-order valence-corrected chi connectivity index (χ2v) is 6.06. The van der Waals surface area contributed by atoms with Gasteiger partial charge in [-0.1, -0.05) is 20.8 Å². The number of hydrogen-bond acceptors (Lipinski definition) is 3. The summed E-state index contributed by atoms with van der Waals surface area (Å²) in [6.45, 7) is 12.1. The van der Waals surface area contributed by atoms with Crippen LogP contribution in [0.25, 0.3) is 0 Å². The molecule has 0 aromatic rings. The number of nitrogens with two attached hydrogens (primary N) is 1. The third-order valence-corrected chi connectivity index (χ3v) is 2.07. The van der Waals surface area contributed by atoms with E-state index >= 15 is 0 Å². The predicted octanol–water partition coefficient (Wildman–Crippen LogP) is 2.27. The number of hydrogen-bond donors (Lipinski definition) is 2. The summed E-state index contributed by atoms with van der Waals surface area (Å²) < 4.78 is 5.74. The minimum absolute atomic E-state index is 0.110. The van der Waals surface area contributed by atoms with Crippen molar-refractivity contribution in [3.8, 4) is 0 Å². The van der Waals surface area contributed by atoms with Crippen LogP contribution in [0.1, 0.15) is 54.4 Å². The van der Waals surface area contributed by atoms with Gasteiger partial charge in [-0.3, -0.25) is 0 Å². The SMILES string of the molecule is CC(O)CC(C)(N)OC(C)CC(C)(C)C. The lowest BCUT2D eigenvalue weighted by Gasteiger charge is -2.32. The molecule has 0 bridgehead atoms. The molecule has 3 heteroatoms. The molecule has 0 fully saturated rings. The Hall–Kier alpha value is -0.120. The highest BCUT2D eigenvalue weighted by Crippen LogP contribution is 2.25. The van der Waals surface area contributed by atoms with E-state index in [0.29, 0.717) is 6.42 Å². The van der Waals surface area contributed by atoms with Crippen LogP contribution in [0.15, 0.2) is 0 Å². The second-order valence-electron chi connectivity index (χ2n) is 6.06. The first-order valence-corrected chi connectivity index (χ1v) is 5.67. The van der Waals surface area contributed by atoms with Gasteiger partial charge in [0.15, 0.2) is 0 Å². The zero-order valence-corrected chi connectivity index (χ0v) is 11.0. The lowest BCUT2D eigenvalue weighted by Crippen LogP contribution is -2.44. The van der Waals surface area contributed by atoms with Crippen LogP contribution in [0.2, 0.25) is 0 Å². The predicted molar refractivity (Wildman–Crippen MR) is 63.5 cm³/mol. The van der Waals surface area contributed by atoms with Crippen LogP contribution in [0.4, 0.5) is 0 Å². The van der Waals surface area contributed by atoms with E-state index in [1.165, 1.54) is 0 Å². The van der Waals surface area contributed by atoms with Crippen LogP contribution in [-0.4, -0.2) is 23.0 Å². The van der Waals surface area contributed by atoms with E-state index in [-0.39, 0.29) is 11.5 Å². The molecule has 92 valence electrons. The van der Waals surface area contributed by atoms with Crippen LogP contribution in [-0.2, 0) is 4.74 Å². The van der Waals surface area contributed by atoms with E-state index in [2.05, 4.69) is 20.8 Å². The van der Waals surface area contributed by atoms with Gasteiger partial charge in [-0.25, -0.2) is 0 Å². The molecule has 3 atom stereocenters. The molecular formula is C12H27NO2. The molecule has 0 amide bonds. The molecule has 0 heterocycles. The molecule has 0 aliphatic heterocycles. The second kappa shape index (κ2) is 5.28. The number of ether oxygens (including phenoxy) is 1. The van der Waals surface area contributed by atoms with Gasteiger partial charge < -0.3 is 15.6 Å². The number of aliphatic hydroxyl groups is 1. The van der Waals surface area contributed by atoms with Crippen molar-refractivity contribution < 1.29 is 9.84 Å². The van der Waals surface area contributed by atoms with Crippen molar-refractivity contribution in [1.29, 1.82) is 0 Å². The summed E-state index contributed by atoms with van der Waals surface area (Å²) >= 11 is 0. The summed E-state index contributed by atoms with van der Waals surface area (Å²) in [6.07, 6.45) is 1.10. The standard InChI is InChI=1S/C12H27NO2/c1-9(14)7-12(6,13)15-10(2)8-11(3,4)5/h9-10,14H,7-8,13H2,1-6H3. The molecule has 0 aromatic heterocycles. The maximum atomic E-state index is 9.27. The van der Waals surface area contributed by atoms with E-state index in [0.717, 1.165) is 6.42 Å². The third-order valence-electron chi connectivity index (χ3n) is 2.07. The highest BCUT2D eigenvalue weighted by atomic mass is 16.5. The lowest BCUT2D eigenvalue weighted by molar-refractivity contribution is -0.102. The minimum atomic E-state index is -0.737. The topological polar surface area (TPSA) is 55.5 Å². The summed E-state index contributed by atoms with van der Waals surface area (Å²) in [5, 5.41) is 9.27. The Morgan fingerprint density at radius 1 is 1.13 bits per heavy atom. The van der Waals surface area contributed by atoms with Crippen LogP contribution in [0.5, 0.6) is 0 Å². The molecule has 3 nitrogen and oxygen atoms in total. The van der Waals surface area contributed by atoms with Gasteiger partial charge in [0.25, 0.3) is 0 Å². The van der Waals surface area contributed by atoms with Crippen LogP contribution < -0.4 is 5.73 Å². The summed E-state index contributed by atoms with van der Waals surface area (Å²) in [5.41, 5.74) is 5.45. The van der Waals surface area contributed by atoms with E-state index in [1.807, 2.05) is 13.8 Å². The van der Waals surface area contributed by atoms with Gasteiger partial charge in [0.1, 0.15) is 5.72 Å². The Kier molecular flexibility index (Phi) is 5.24. The highest BCUT2D eigenvalue weighted by molar-refractivity contribution is 4.74. The monoisotopic (exact) mass is 217 g/mol. The first-order chi connectivity index (χ1) is 6.52. The lowest BCUT2D eigenvalue weighted by atomic mass is 9.89. The number of aliphatic hydroxyl groups excluding tert-OH is 1. The summed E-state index contributed by atoms with van der Waals surface area (Å²) in [7, 11) is 0. The first-order valence-electron chi connectivity index (χ1n) is 5.67. The molecule has 0 aliphatic rings. The molecule has 0 aromatic carbocycles. The Bertz CT molecular complexity index is 183. The van der Waals surface area contributed by atoms with E-state index < -0.39 is 11.8 Å². The fourth-order valence-corrected chi connectivity index (χ4v) is 2.00. The maximum Gasteiger partial charge on any atom is 0.116 e. The Balaban J connectivity index is 4.10. The van der Waals surface area contributed by atoms with E-state index in [9.17, 15) is 5.11 Å². The number of rotatable bonds is 5. The summed E-state index contributed by atoms with van der Waals surface area (Å²) in [5.74, 6) is 0. The van der Waals surface area contributed by atoms with Gasteiger partial charge in [-0.15, -0.1) is 0 Å². The van der Waals surface area contributed by atoms with Crippen molar-refractivity contribution in [2.24, 2.45) is 11.1 Å². The highest BCUT2D eigenvalue weighted by Gasteiger charge is 2.26. The van der Waals surface area contributed by atoms with E-state index in [1.54, 1.807) is 6.92 Å². The van der Waals surface area contributed by atoms with Crippen LogP contribution in [0.3, 0.4) is 0 Å². The van der Waals surface area contributed by atoms with Crippen LogP contribution >= 0.6 is 0 Å². The fraction of sp³-hybridized carbons (Fsp3) is 1.00. The van der Waals surface area contributed by atoms with Gasteiger partial charge in [0.05, 0.1) is 12.2 Å². The summed E-state index contributed by atoms with van der Waals surface area (Å²) in [4.78, 5) is 0. The normalized spacial score (nSPS) is 20.8. The Morgan fingerprint density at radius 2 is 1.60 bits per heavy atom. The molecule has 0 rings (SSSR count). The smallest absolute Gasteiger partial charge is 0.116 e. The van der Waals surface area contributed by atoms with Gasteiger partial charge >= 0.3 is 0 Å². The quantitative estimate of drug-likeness (QED) is 0.695. The van der Waals surface area contributed by atoms with Gasteiger partial charge in [0, 0.05) is 6.42 Å². The Labute approximate surface area is 94.0 Å². The van der Waals surface area contributed by atoms with Crippen LogP contribution in [0, 0.1) is 5.41 Å². The molecule has 0 spiro atoms. The van der Waals surface area contributed by atoms with Crippen molar-refractivity contribution >= 4 is 0 Å². The van der Waals surface area contributed by atoms with Gasteiger partial charge in [-0.05, 0) is 32.6 Å². The molecule has 0 saturated carbocycles. The summed E-state index contributed by atoms with van der Waals surface area (Å²) in [6, 6.07) is 0. The molecular weight excluding hydrogens is 190 g/mol. The molecule has 3 N–H and O–H groups in total. The zero-order valence-electron chi connectivity index (χ0n) is 11.0. The van der Waals surface area contributed by atoms with Crippen molar-refractivity contribution in [3.05, 3.63) is 0 Å². The molecule has 0 saturated heterocycles. The largest absolute Gasteiger partial charge is 0.393 e. The molecule has 3 unspecified atom stereocenters. The zero-order chi connectivity index (χ0) is 12.3. The molecule has 0 radical (unpaired) electrons. The van der Waals surface area contributed by atoms with Crippen molar-refractivity contribution in [1.82, 2.24) is 0 Å². The van der Waals surface area contributed by atoms with Gasteiger partial charge in [-0.2, -0.15) is 0 Å². The fourth-order valence-electron chi connectivity index (χ4n) is 2.00. The van der Waals surface area contributed by atoms with Gasteiger partial charge in [0.2, 0.25) is 0 Å². The molecule has 0 aliphatic carbocycles.